The number of carbonyl (C=O) groups excluding carboxylic acids is 1. The van der Waals surface area contributed by atoms with Gasteiger partial charge >= 0.3 is 5.97 Å². The summed E-state index contributed by atoms with van der Waals surface area (Å²) in [4.78, 5) is 24.5. The average Bonchev–Trinajstić information content (AvgIpc) is 2.86. The number of aromatic carboxylic acids is 1. The molecular weight excluding hydrogens is 290 g/mol. The molecule has 2 N–H and O–H groups in total. The molecule has 3 rings (SSSR count). The van der Waals surface area contributed by atoms with E-state index in [0.29, 0.717) is 30.2 Å². The van der Waals surface area contributed by atoms with Gasteiger partial charge in [0.15, 0.2) is 0 Å². The molecule has 1 aliphatic heterocycles. The number of fused-ring (bicyclic) bond motifs is 1. The summed E-state index contributed by atoms with van der Waals surface area (Å²) in [7, 11) is 0. The Morgan fingerprint density at radius 2 is 2.00 bits per heavy atom. The van der Waals surface area contributed by atoms with E-state index in [-0.39, 0.29) is 11.5 Å². The molecule has 2 heterocycles. The third-order valence-corrected chi connectivity index (χ3v) is 4.42. The van der Waals surface area contributed by atoms with Crippen LogP contribution in [0.25, 0.3) is 0 Å². The second-order valence-corrected chi connectivity index (χ2v) is 5.74. The molecule has 108 valence electrons. The Labute approximate surface area is 125 Å². The Kier molecular flexibility index (Phi) is 3.72. The molecule has 2 aromatic rings. The van der Waals surface area contributed by atoms with Crippen LogP contribution in [0, 0.1) is 0 Å². The van der Waals surface area contributed by atoms with E-state index in [1.807, 2.05) is 6.07 Å². The van der Waals surface area contributed by atoms with Crippen molar-refractivity contribution in [1.29, 1.82) is 0 Å². The van der Waals surface area contributed by atoms with Crippen LogP contribution in [0.5, 0.6) is 0 Å². The van der Waals surface area contributed by atoms with Crippen molar-refractivity contribution >= 4 is 28.2 Å². The molecule has 5 nitrogen and oxygen atoms in total. The summed E-state index contributed by atoms with van der Waals surface area (Å²) in [5.74, 6) is -1.32. The summed E-state index contributed by atoms with van der Waals surface area (Å²) in [6, 6.07) is 8.72. The highest BCUT2D eigenvalue weighted by Gasteiger charge is 2.26. The van der Waals surface area contributed by atoms with E-state index < -0.39 is 5.97 Å². The zero-order chi connectivity index (χ0) is 14.8. The van der Waals surface area contributed by atoms with Gasteiger partial charge in [0.1, 0.15) is 5.00 Å². The fourth-order valence-corrected chi connectivity index (χ4v) is 3.48. The van der Waals surface area contributed by atoms with Gasteiger partial charge in [-0.15, -0.1) is 11.3 Å². The molecule has 0 atom stereocenters. The number of nitrogens with one attached hydrogen (secondary N) is 1. The second-order valence-electron chi connectivity index (χ2n) is 4.64. The minimum atomic E-state index is -1.02. The Morgan fingerprint density at radius 3 is 2.71 bits per heavy atom. The molecule has 0 unspecified atom stereocenters. The summed E-state index contributed by atoms with van der Waals surface area (Å²) in [6.07, 6.45) is 0.564. The van der Waals surface area contributed by atoms with Crippen molar-refractivity contribution < 1.29 is 19.4 Å². The lowest BCUT2D eigenvalue weighted by molar-refractivity contribution is 0.0693. The van der Waals surface area contributed by atoms with E-state index in [4.69, 9.17) is 4.74 Å². The van der Waals surface area contributed by atoms with Crippen LogP contribution in [0.15, 0.2) is 30.3 Å². The first kappa shape index (κ1) is 13.8. The minimum Gasteiger partial charge on any atom is -0.478 e. The lowest BCUT2D eigenvalue weighted by Crippen LogP contribution is -2.15. The van der Waals surface area contributed by atoms with Crippen LogP contribution in [-0.4, -0.2) is 23.6 Å². The molecule has 1 aliphatic rings. The third-order valence-electron chi connectivity index (χ3n) is 3.30. The molecule has 0 bridgehead atoms. The van der Waals surface area contributed by atoms with Gasteiger partial charge in [0.25, 0.3) is 5.91 Å². The zero-order valence-electron chi connectivity index (χ0n) is 11.1. The number of thiophene rings is 1. The van der Waals surface area contributed by atoms with E-state index in [1.165, 1.54) is 11.3 Å². The third kappa shape index (κ3) is 2.68. The molecule has 0 saturated heterocycles. The van der Waals surface area contributed by atoms with Crippen molar-refractivity contribution in [2.24, 2.45) is 0 Å². The molecule has 21 heavy (non-hydrogen) atoms. The first-order chi connectivity index (χ1) is 10.2. The molecule has 6 heteroatoms. The van der Waals surface area contributed by atoms with Crippen LogP contribution < -0.4 is 5.32 Å². The van der Waals surface area contributed by atoms with Gasteiger partial charge in [-0.2, -0.15) is 0 Å². The zero-order valence-corrected chi connectivity index (χ0v) is 11.9. The molecule has 0 saturated carbocycles. The number of carboxylic acids is 1. The monoisotopic (exact) mass is 303 g/mol. The number of hydrogen-bond donors (Lipinski definition) is 2. The van der Waals surface area contributed by atoms with Gasteiger partial charge in [0.05, 0.1) is 18.8 Å². The predicted octanol–water partition coefficient (Wildman–Crippen LogP) is 2.77. The number of carboxylic acid groups (broad SMARTS) is 1. The van der Waals surface area contributed by atoms with Crippen molar-refractivity contribution in [3.05, 3.63) is 51.9 Å². The number of anilines is 1. The van der Waals surface area contributed by atoms with Gasteiger partial charge in [0.2, 0.25) is 0 Å². The SMILES string of the molecule is O=C(Nc1sc2c(c1C(=O)O)CCOC2)c1ccccc1. The van der Waals surface area contributed by atoms with Crippen molar-refractivity contribution in [2.75, 3.05) is 11.9 Å². The van der Waals surface area contributed by atoms with Crippen molar-refractivity contribution in [3.8, 4) is 0 Å². The molecule has 0 spiro atoms. The molecule has 1 aromatic heterocycles. The average molecular weight is 303 g/mol. The highest BCUT2D eigenvalue weighted by Crippen LogP contribution is 2.36. The lowest BCUT2D eigenvalue weighted by atomic mass is 10.1. The van der Waals surface area contributed by atoms with E-state index >= 15 is 0 Å². The van der Waals surface area contributed by atoms with Crippen LogP contribution in [0.3, 0.4) is 0 Å². The molecule has 0 radical (unpaired) electrons. The van der Waals surface area contributed by atoms with E-state index in [1.54, 1.807) is 24.3 Å². The normalized spacial score (nSPS) is 13.5. The van der Waals surface area contributed by atoms with E-state index in [0.717, 1.165) is 10.4 Å². The number of hydrogen-bond acceptors (Lipinski definition) is 4. The maximum atomic E-state index is 12.2. The Hall–Kier alpha value is -2.18. The lowest BCUT2D eigenvalue weighted by Gasteiger charge is -2.12. The molecule has 1 amide bonds. The standard InChI is InChI=1S/C15H13NO4S/c17-13(9-4-2-1-3-5-9)16-14-12(15(18)19)10-6-7-20-8-11(10)21-14/h1-5H,6-8H2,(H,16,17)(H,18,19). The summed E-state index contributed by atoms with van der Waals surface area (Å²) in [5, 5.41) is 12.5. The van der Waals surface area contributed by atoms with Gasteiger partial charge < -0.3 is 15.2 Å². The van der Waals surface area contributed by atoms with E-state index in [9.17, 15) is 14.7 Å². The fourth-order valence-electron chi connectivity index (χ4n) is 2.31. The highest BCUT2D eigenvalue weighted by molar-refractivity contribution is 7.17. The Balaban J connectivity index is 1.94. The van der Waals surface area contributed by atoms with E-state index in [2.05, 4.69) is 5.32 Å². The highest BCUT2D eigenvalue weighted by atomic mass is 32.1. The van der Waals surface area contributed by atoms with Gasteiger partial charge in [-0.1, -0.05) is 18.2 Å². The van der Waals surface area contributed by atoms with Crippen molar-refractivity contribution in [2.45, 2.75) is 13.0 Å². The van der Waals surface area contributed by atoms with Crippen LogP contribution in [0.2, 0.25) is 0 Å². The Bertz CT molecular complexity index is 693. The molecule has 0 fully saturated rings. The minimum absolute atomic E-state index is 0.197. The Morgan fingerprint density at radius 1 is 1.24 bits per heavy atom. The molecular formula is C15H13NO4S. The van der Waals surface area contributed by atoms with Crippen LogP contribution >= 0.6 is 11.3 Å². The molecule has 0 aliphatic carbocycles. The molecule has 1 aromatic carbocycles. The summed E-state index contributed by atoms with van der Waals surface area (Å²) >= 11 is 1.28. The maximum absolute atomic E-state index is 12.2. The van der Waals surface area contributed by atoms with Gasteiger partial charge in [-0.25, -0.2) is 4.79 Å². The first-order valence-electron chi connectivity index (χ1n) is 6.49. The summed E-state index contributed by atoms with van der Waals surface area (Å²) in [6.45, 7) is 0.914. The van der Waals surface area contributed by atoms with Gasteiger partial charge in [0, 0.05) is 10.4 Å². The van der Waals surface area contributed by atoms with Crippen LogP contribution in [0.4, 0.5) is 5.00 Å². The first-order valence-corrected chi connectivity index (χ1v) is 7.30. The second kappa shape index (κ2) is 5.67. The van der Waals surface area contributed by atoms with Gasteiger partial charge in [-0.3, -0.25) is 4.79 Å². The van der Waals surface area contributed by atoms with Gasteiger partial charge in [-0.05, 0) is 24.1 Å². The summed E-state index contributed by atoms with van der Waals surface area (Å²) in [5.41, 5.74) is 1.47. The quantitative estimate of drug-likeness (QED) is 0.914. The number of benzene rings is 1. The number of carbonyl (C=O) groups is 2. The van der Waals surface area contributed by atoms with Crippen molar-refractivity contribution in [3.63, 3.8) is 0 Å². The number of ether oxygens (including phenoxy) is 1. The van der Waals surface area contributed by atoms with Crippen LogP contribution in [-0.2, 0) is 17.8 Å². The summed E-state index contributed by atoms with van der Waals surface area (Å²) < 4.78 is 5.34. The topological polar surface area (TPSA) is 75.6 Å². The predicted molar refractivity (Wildman–Crippen MR) is 79.0 cm³/mol. The maximum Gasteiger partial charge on any atom is 0.339 e. The number of rotatable bonds is 3. The number of amides is 1. The largest absolute Gasteiger partial charge is 0.478 e. The fraction of sp³-hybridized carbons (Fsp3) is 0.200. The van der Waals surface area contributed by atoms with Crippen molar-refractivity contribution in [1.82, 2.24) is 0 Å². The van der Waals surface area contributed by atoms with Crippen LogP contribution in [0.1, 0.15) is 31.2 Å². The smallest absolute Gasteiger partial charge is 0.339 e.